The number of benzene rings is 2. The van der Waals surface area contributed by atoms with Crippen molar-refractivity contribution in [2.75, 3.05) is 11.6 Å². The smallest absolute Gasteiger partial charge is 0.228 e. The number of sulfone groups is 1. The maximum Gasteiger partial charge on any atom is 0.228 e. The minimum absolute atomic E-state index is 0.160. The molecule has 0 unspecified atom stereocenters. The van der Waals surface area contributed by atoms with E-state index in [1.165, 1.54) is 6.07 Å². The van der Waals surface area contributed by atoms with Crippen LogP contribution in [-0.4, -0.2) is 30.4 Å². The summed E-state index contributed by atoms with van der Waals surface area (Å²) in [5.74, 6) is -0.215. The first-order valence-electron chi connectivity index (χ1n) is 8.88. The van der Waals surface area contributed by atoms with Gasteiger partial charge in [0, 0.05) is 23.2 Å². The van der Waals surface area contributed by atoms with Gasteiger partial charge >= 0.3 is 0 Å². The molecule has 0 saturated heterocycles. The third-order valence-electron chi connectivity index (χ3n) is 4.69. The lowest BCUT2D eigenvalue weighted by Gasteiger charge is -2.10. The molecule has 0 aliphatic carbocycles. The van der Waals surface area contributed by atoms with E-state index in [1.54, 1.807) is 12.1 Å². The average molecular weight is 398 g/mol. The van der Waals surface area contributed by atoms with E-state index in [0.717, 1.165) is 34.5 Å². The van der Waals surface area contributed by atoms with Crippen LogP contribution in [0.4, 0.5) is 5.69 Å². The van der Waals surface area contributed by atoms with Gasteiger partial charge in [-0.3, -0.25) is 4.79 Å². The van der Waals surface area contributed by atoms with Crippen LogP contribution in [0.2, 0.25) is 0 Å². The number of aromatic nitrogens is 2. The summed E-state index contributed by atoms with van der Waals surface area (Å²) in [5.41, 5.74) is 4.79. The quantitative estimate of drug-likeness (QED) is 0.716. The van der Waals surface area contributed by atoms with E-state index in [2.05, 4.69) is 10.4 Å². The van der Waals surface area contributed by atoms with E-state index in [-0.39, 0.29) is 17.2 Å². The van der Waals surface area contributed by atoms with Crippen molar-refractivity contribution in [3.8, 4) is 5.69 Å². The van der Waals surface area contributed by atoms with Crippen molar-refractivity contribution in [2.24, 2.45) is 0 Å². The van der Waals surface area contributed by atoms with Crippen LogP contribution in [0.1, 0.15) is 22.5 Å². The summed E-state index contributed by atoms with van der Waals surface area (Å²) in [6, 6.07) is 14.5. The van der Waals surface area contributed by atoms with Gasteiger partial charge in [0.1, 0.15) is 0 Å². The SMILES string of the molecule is Cc1ccc(S(C)(=O)=O)cc1NC(=O)Cc1c(C)nn(-c2ccccc2)c1C. The van der Waals surface area contributed by atoms with E-state index >= 15 is 0 Å². The number of carbonyl (C=O) groups excluding carboxylic acids is 1. The number of hydrogen-bond acceptors (Lipinski definition) is 4. The van der Waals surface area contributed by atoms with Gasteiger partial charge < -0.3 is 5.32 Å². The monoisotopic (exact) mass is 397 g/mol. The summed E-state index contributed by atoms with van der Waals surface area (Å²) in [7, 11) is -3.34. The molecule has 6 nitrogen and oxygen atoms in total. The zero-order valence-electron chi connectivity index (χ0n) is 16.4. The Morgan fingerprint density at radius 3 is 2.39 bits per heavy atom. The van der Waals surface area contributed by atoms with Gasteiger partial charge in [0.05, 0.1) is 22.7 Å². The van der Waals surface area contributed by atoms with E-state index in [9.17, 15) is 13.2 Å². The third kappa shape index (κ3) is 4.14. The fourth-order valence-corrected chi connectivity index (χ4v) is 3.72. The molecule has 28 heavy (non-hydrogen) atoms. The Bertz CT molecular complexity index is 1130. The molecule has 0 aliphatic rings. The molecule has 0 radical (unpaired) electrons. The maximum absolute atomic E-state index is 12.6. The molecule has 1 amide bonds. The molecule has 2 aromatic carbocycles. The third-order valence-corrected chi connectivity index (χ3v) is 5.80. The van der Waals surface area contributed by atoms with Gasteiger partial charge in [0.2, 0.25) is 5.91 Å². The number of para-hydroxylation sites is 1. The zero-order chi connectivity index (χ0) is 20.5. The van der Waals surface area contributed by atoms with Crippen LogP contribution in [0.5, 0.6) is 0 Å². The van der Waals surface area contributed by atoms with Crippen molar-refractivity contribution in [3.63, 3.8) is 0 Å². The number of anilines is 1. The molecule has 146 valence electrons. The van der Waals surface area contributed by atoms with Gasteiger partial charge in [-0.15, -0.1) is 0 Å². The van der Waals surface area contributed by atoms with E-state index in [4.69, 9.17) is 0 Å². The summed E-state index contributed by atoms with van der Waals surface area (Å²) in [4.78, 5) is 12.8. The predicted molar refractivity (Wildman–Crippen MR) is 110 cm³/mol. The Morgan fingerprint density at radius 1 is 1.07 bits per heavy atom. The highest BCUT2D eigenvalue weighted by Gasteiger charge is 2.17. The first kappa shape index (κ1) is 19.8. The molecule has 0 aliphatic heterocycles. The van der Waals surface area contributed by atoms with Crippen molar-refractivity contribution in [1.29, 1.82) is 0 Å². The fourth-order valence-electron chi connectivity index (χ4n) is 3.07. The van der Waals surface area contributed by atoms with Crippen molar-refractivity contribution in [3.05, 3.63) is 71.0 Å². The predicted octanol–water partition coefficient (Wildman–Crippen LogP) is 3.38. The first-order valence-corrected chi connectivity index (χ1v) is 10.8. The molecule has 1 heterocycles. The Morgan fingerprint density at radius 2 is 1.75 bits per heavy atom. The molecule has 1 N–H and O–H groups in total. The fraction of sp³-hybridized carbons (Fsp3) is 0.238. The molecule has 0 saturated carbocycles. The number of amides is 1. The van der Waals surface area contributed by atoms with Crippen molar-refractivity contribution in [2.45, 2.75) is 32.1 Å². The highest BCUT2D eigenvalue weighted by Crippen LogP contribution is 2.22. The van der Waals surface area contributed by atoms with Crippen LogP contribution < -0.4 is 5.32 Å². The minimum atomic E-state index is -3.34. The van der Waals surface area contributed by atoms with E-state index < -0.39 is 9.84 Å². The van der Waals surface area contributed by atoms with Crippen LogP contribution in [0.3, 0.4) is 0 Å². The average Bonchev–Trinajstić information content (AvgIpc) is 2.91. The zero-order valence-corrected chi connectivity index (χ0v) is 17.2. The lowest BCUT2D eigenvalue weighted by Crippen LogP contribution is -2.16. The first-order chi connectivity index (χ1) is 13.2. The summed E-state index contributed by atoms with van der Waals surface area (Å²) >= 11 is 0. The van der Waals surface area contributed by atoms with Crippen LogP contribution in [-0.2, 0) is 21.1 Å². The molecule has 0 fully saturated rings. The molecule has 3 aromatic rings. The second kappa shape index (κ2) is 7.59. The van der Waals surface area contributed by atoms with Crippen LogP contribution >= 0.6 is 0 Å². The van der Waals surface area contributed by atoms with E-state index in [1.807, 2.05) is 55.8 Å². The van der Waals surface area contributed by atoms with Crippen molar-refractivity contribution in [1.82, 2.24) is 9.78 Å². The number of nitrogens with zero attached hydrogens (tertiary/aromatic N) is 2. The van der Waals surface area contributed by atoms with Gasteiger partial charge in [-0.1, -0.05) is 24.3 Å². The number of nitrogens with one attached hydrogen (secondary N) is 1. The standard InChI is InChI=1S/C21H23N3O3S/c1-14-10-11-18(28(4,26)27)12-20(14)22-21(25)13-19-15(2)23-24(16(19)3)17-8-6-5-7-9-17/h5-12H,13H2,1-4H3,(H,22,25). The molecule has 3 rings (SSSR count). The van der Waals surface area contributed by atoms with Gasteiger partial charge in [0.25, 0.3) is 0 Å². The van der Waals surface area contributed by atoms with Crippen molar-refractivity contribution >= 4 is 21.4 Å². The lowest BCUT2D eigenvalue weighted by molar-refractivity contribution is -0.115. The Balaban J connectivity index is 1.84. The van der Waals surface area contributed by atoms with Crippen LogP contribution in [0.25, 0.3) is 5.69 Å². The molecular formula is C21H23N3O3S. The number of hydrogen-bond donors (Lipinski definition) is 1. The second-order valence-electron chi connectivity index (χ2n) is 6.87. The molecule has 0 atom stereocenters. The number of aryl methyl sites for hydroxylation is 2. The summed E-state index contributed by atoms with van der Waals surface area (Å²) in [6.07, 6.45) is 1.31. The summed E-state index contributed by atoms with van der Waals surface area (Å²) in [6.45, 7) is 5.64. The van der Waals surface area contributed by atoms with Gasteiger partial charge in [-0.25, -0.2) is 13.1 Å². The highest BCUT2D eigenvalue weighted by atomic mass is 32.2. The van der Waals surface area contributed by atoms with Crippen LogP contribution in [0, 0.1) is 20.8 Å². The van der Waals surface area contributed by atoms with Gasteiger partial charge in [-0.05, 0) is 50.6 Å². The highest BCUT2D eigenvalue weighted by molar-refractivity contribution is 7.90. The molecular weight excluding hydrogens is 374 g/mol. The molecule has 0 spiro atoms. The Kier molecular flexibility index (Phi) is 5.38. The lowest BCUT2D eigenvalue weighted by atomic mass is 10.1. The minimum Gasteiger partial charge on any atom is -0.326 e. The number of rotatable bonds is 5. The number of carbonyl (C=O) groups is 1. The molecule has 0 bridgehead atoms. The maximum atomic E-state index is 12.6. The largest absolute Gasteiger partial charge is 0.326 e. The van der Waals surface area contributed by atoms with Crippen LogP contribution in [0.15, 0.2) is 53.4 Å². The Labute approximate surface area is 165 Å². The van der Waals surface area contributed by atoms with Crippen molar-refractivity contribution < 1.29 is 13.2 Å². The van der Waals surface area contributed by atoms with E-state index in [0.29, 0.717) is 5.69 Å². The van der Waals surface area contributed by atoms with Gasteiger partial charge in [-0.2, -0.15) is 5.10 Å². The molecule has 1 aromatic heterocycles. The summed E-state index contributed by atoms with van der Waals surface area (Å²) in [5, 5.41) is 7.40. The second-order valence-corrected chi connectivity index (χ2v) is 8.89. The topological polar surface area (TPSA) is 81.1 Å². The Hall–Kier alpha value is -2.93. The summed E-state index contributed by atoms with van der Waals surface area (Å²) < 4.78 is 25.4. The normalized spacial score (nSPS) is 11.4. The van der Waals surface area contributed by atoms with Gasteiger partial charge in [0.15, 0.2) is 9.84 Å². The molecule has 7 heteroatoms.